The third-order valence-electron chi connectivity index (χ3n) is 2.93. The molecular formula is C10H18N4O2S. The maximum absolute atomic E-state index is 11.9. The molecule has 1 saturated carbocycles. The number of sulfonamides is 1. The topological polar surface area (TPSA) is 76.9 Å². The predicted octanol–water partition coefficient (Wildman–Crippen LogP) is 0.831. The van der Waals surface area contributed by atoms with Crippen LogP contribution < -0.4 is 4.72 Å². The number of nitrogens with one attached hydrogen (secondary N) is 1. The maximum Gasteiger partial charge on any atom is 0.215 e. The molecule has 1 aromatic rings. The summed E-state index contributed by atoms with van der Waals surface area (Å²) in [4.78, 5) is 4.15. The van der Waals surface area contributed by atoms with Gasteiger partial charge >= 0.3 is 0 Å². The Labute approximate surface area is 101 Å². The summed E-state index contributed by atoms with van der Waals surface area (Å²) in [6.45, 7) is 4.59. The highest BCUT2D eigenvalue weighted by Crippen LogP contribution is 2.29. The van der Waals surface area contributed by atoms with E-state index in [0.717, 1.165) is 12.8 Å². The Morgan fingerprint density at radius 2 is 2.24 bits per heavy atom. The monoisotopic (exact) mass is 258 g/mol. The highest BCUT2D eigenvalue weighted by atomic mass is 32.2. The molecule has 0 saturated heterocycles. The van der Waals surface area contributed by atoms with E-state index in [2.05, 4.69) is 14.8 Å². The van der Waals surface area contributed by atoms with Gasteiger partial charge in [0.05, 0.1) is 11.3 Å². The molecule has 2 rings (SSSR count). The second-order valence-corrected chi connectivity index (χ2v) is 6.25. The van der Waals surface area contributed by atoms with Crippen LogP contribution in [-0.2, 0) is 16.6 Å². The number of aryl methyl sites for hydroxylation is 1. The van der Waals surface area contributed by atoms with Crippen molar-refractivity contribution in [2.24, 2.45) is 0 Å². The van der Waals surface area contributed by atoms with E-state index in [9.17, 15) is 8.42 Å². The van der Waals surface area contributed by atoms with Gasteiger partial charge in [-0.1, -0.05) is 6.92 Å². The Balaban J connectivity index is 2.16. The summed E-state index contributed by atoms with van der Waals surface area (Å²) in [5.74, 6) is 0.694. The van der Waals surface area contributed by atoms with Crippen LogP contribution in [0, 0.1) is 0 Å². The van der Waals surface area contributed by atoms with Gasteiger partial charge in [-0.05, 0) is 26.2 Å². The predicted molar refractivity (Wildman–Crippen MR) is 63.8 cm³/mol. The molecule has 1 atom stereocenters. The van der Waals surface area contributed by atoms with Gasteiger partial charge in [0.25, 0.3) is 0 Å². The Bertz CT molecular complexity index is 478. The smallest absolute Gasteiger partial charge is 0.215 e. The van der Waals surface area contributed by atoms with E-state index in [0.29, 0.717) is 18.8 Å². The van der Waals surface area contributed by atoms with Crippen LogP contribution in [0.1, 0.15) is 45.0 Å². The summed E-state index contributed by atoms with van der Waals surface area (Å²) in [7, 11) is -3.18. The first-order valence-corrected chi connectivity index (χ1v) is 7.52. The third-order valence-corrected chi connectivity index (χ3v) is 4.90. The van der Waals surface area contributed by atoms with Crippen molar-refractivity contribution in [2.75, 3.05) is 0 Å². The zero-order valence-electron chi connectivity index (χ0n) is 10.1. The van der Waals surface area contributed by atoms with Gasteiger partial charge in [-0.15, -0.1) is 0 Å². The lowest BCUT2D eigenvalue weighted by Crippen LogP contribution is -2.32. The Kier molecular flexibility index (Phi) is 3.48. The molecule has 0 aromatic carbocycles. The molecule has 1 fully saturated rings. The Morgan fingerprint density at radius 3 is 2.76 bits per heavy atom. The summed E-state index contributed by atoms with van der Waals surface area (Å²) in [6, 6.07) is -0.275. The van der Waals surface area contributed by atoms with Gasteiger partial charge in [0, 0.05) is 6.54 Å². The third kappa shape index (κ3) is 2.66. The first kappa shape index (κ1) is 12.5. The highest BCUT2D eigenvalue weighted by Gasteiger charge is 2.37. The van der Waals surface area contributed by atoms with Gasteiger partial charge in [-0.3, -0.25) is 0 Å². The van der Waals surface area contributed by atoms with E-state index in [1.165, 1.54) is 6.33 Å². The van der Waals surface area contributed by atoms with Gasteiger partial charge < -0.3 is 0 Å². The van der Waals surface area contributed by atoms with E-state index in [1.807, 2.05) is 13.8 Å². The van der Waals surface area contributed by atoms with Gasteiger partial charge in [-0.25, -0.2) is 22.8 Å². The quantitative estimate of drug-likeness (QED) is 0.820. The minimum Gasteiger partial charge on any atom is -0.249 e. The van der Waals surface area contributed by atoms with Crippen molar-refractivity contribution in [3.8, 4) is 0 Å². The van der Waals surface area contributed by atoms with E-state index < -0.39 is 10.0 Å². The van der Waals surface area contributed by atoms with Gasteiger partial charge in [0.2, 0.25) is 10.0 Å². The Hall–Kier alpha value is -0.950. The molecule has 1 N–H and O–H groups in total. The van der Waals surface area contributed by atoms with Crippen LogP contribution >= 0.6 is 0 Å². The molecular weight excluding hydrogens is 240 g/mol. The van der Waals surface area contributed by atoms with Crippen LogP contribution in [0.15, 0.2) is 6.33 Å². The molecule has 17 heavy (non-hydrogen) atoms. The van der Waals surface area contributed by atoms with Crippen LogP contribution in [0.5, 0.6) is 0 Å². The molecule has 0 amide bonds. The number of nitrogens with zero attached hydrogens (tertiary/aromatic N) is 3. The minimum atomic E-state index is -3.18. The Morgan fingerprint density at radius 1 is 1.53 bits per heavy atom. The van der Waals surface area contributed by atoms with Crippen LogP contribution in [-0.4, -0.2) is 28.4 Å². The standard InChI is InChI=1S/C10H18N4O2S/c1-3-9(10-11-7-12-14(10)4-2)13-17(15,16)8-5-6-8/h7-9,13H,3-6H2,1-2H3. The second-order valence-electron chi connectivity index (χ2n) is 4.26. The second kappa shape index (κ2) is 4.73. The molecule has 1 unspecified atom stereocenters. The summed E-state index contributed by atoms with van der Waals surface area (Å²) < 4.78 is 28.2. The van der Waals surface area contributed by atoms with Crippen molar-refractivity contribution < 1.29 is 8.42 Å². The lowest BCUT2D eigenvalue weighted by atomic mass is 10.2. The van der Waals surface area contributed by atoms with Crippen molar-refractivity contribution in [3.05, 3.63) is 12.2 Å². The largest absolute Gasteiger partial charge is 0.249 e. The van der Waals surface area contributed by atoms with Crippen molar-refractivity contribution in [2.45, 2.75) is 50.9 Å². The fourth-order valence-corrected chi connectivity index (χ4v) is 3.40. The lowest BCUT2D eigenvalue weighted by Gasteiger charge is -2.16. The van der Waals surface area contributed by atoms with Crippen LogP contribution in [0.3, 0.4) is 0 Å². The fraction of sp³-hybridized carbons (Fsp3) is 0.800. The minimum absolute atomic E-state index is 0.199. The molecule has 0 spiro atoms. The first-order chi connectivity index (χ1) is 8.08. The molecule has 0 radical (unpaired) electrons. The van der Waals surface area contributed by atoms with E-state index in [-0.39, 0.29) is 11.3 Å². The number of hydrogen-bond donors (Lipinski definition) is 1. The summed E-state index contributed by atoms with van der Waals surface area (Å²) >= 11 is 0. The van der Waals surface area contributed by atoms with Crippen molar-refractivity contribution >= 4 is 10.0 Å². The summed E-state index contributed by atoms with van der Waals surface area (Å²) in [5.41, 5.74) is 0. The number of hydrogen-bond acceptors (Lipinski definition) is 4. The zero-order valence-corrected chi connectivity index (χ0v) is 10.9. The molecule has 0 aliphatic heterocycles. The highest BCUT2D eigenvalue weighted by molar-refractivity contribution is 7.90. The van der Waals surface area contributed by atoms with Crippen molar-refractivity contribution in [1.82, 2.24) is 19.5 Å². The van der Waals surface area contributed by atoms with Gasteiger partial charge in [0.1, 0.15) is 12.2 Å². The SMILES string of the molecule is CCC(NS(=O)(=O)C1CC1)c1ncnn1CC. The summed E-state index contributed by atoms with van der Waals surface area (Å²) in [6.07, 6.45) is 3.68. The lowest BCUT2D eigenvalue weighted by molar-refractivity contribution is 0.502. The molecule has 6 nitrogen and oxygen atoms in total. The molecule has 1 aromatic heterocycles. The van der Waals surface area contributed by atoms with E-state index in [1.54, 1.807) is 4.68 Å². The molecule has 96 valence electrons. The maximum atomic E-state index is 11.9. The number of rotatable bonds is 6. The van der Waals surface area contributed by atoms with Crippen LogP contribution in [0.2, 0.25) is 0 Å². The molecule has 0 bridgehead atoms. The zero-order chi connectivity index (χ0) is 12.5. The molecule has 7 heteroatoms. The van der Waals surface area contributed by atoms with E-state index >= 15 is 0 Å². The normalized spacial score (nSPS) is 18.2. The van der Waals surface area contributed by atoms with E-state index in [4.69, 9.17) is 0 Å². The van der Waals surface area contributed by atoms with Gasteiger partial charge in [0.15, 0.2) is 0 Å². The molecule has 1 aliphatic rings. The average molecular weight is 258 g/mol. The average Bonchev–Trinajstić information content (AvgIpc) is 3.06. The number of aromatic nitrogens is 3. The molecule has 1 aliphatic carbocycles. The van der Waals surface area contributed by atoms with Crippen LogP contribution in [0.25, 0.3) is 0 Å². The van der Waals surface area contributed by atoms with Crippen molar-refractivity contribution in [1.29, 1.82) is 0 Å². The van der Waals surface area contributed by atoms with Gasteiger partial charge in [-0.2, -0.15) is 5.10 Å². The fourth-order valence-electron chi connectivity index (χ4n) is 1.78. The van der Waals surface area contributed by atoms with Crippen molar-refractivity contribution in [3.63, 3.8) is 0 Å². The molecule has 1 heterocycles. The summed E-state index contributed by atoms with van der Waals surface area (Å²) in [5, 5.41) is 3.87. The first-order valence-electron chi connectivity index (χ1n) is 5.97. The van der Waals surface area contributed by atoms with Crippen LogP contribution in [0.4, 0.5) is 0 Å².